The molecular weight excluding hydrogens is 438 g/mol. The summed E-state index contributed by atoms with van der Waals surface area (Å²) in [5.74, 6) is 1.66. The maximum absolute atomic E-state index is 12.9. The SMILES string of the molecule is COc1ccc(CN2C(=O)NC(CCC(=O)N3CCc4cc(OC)c(OC)cc4C3)C2=O)cc1. The second-order valence-electron chi connectivity index (χ2n) is 8.35. The number of hydrogen-bond donors (Lipinski definition) is 1. The number of fused-ring (bicyclic) bond motifs is 1. The molecule has 1 saturated heterocycles. The van der Waals surface area contributed by atoms with Crippen molar-refractivity contribution in [3.05, 3.63) is 53.1 Å². The lowest BCUT2D eigenvalue weighted by Gasteiger charge is -2.30. The molecule has 2 aliphatic heterocycles. The van der Waals surface area contributed by atoms with E-state index in [1.165, 1.54) is 4.90 Å². The highest BCUT2D eigenvalue weighted by molar-refractivity contribution is 6.04. The third-order valence-corrected chi connectivity index (χ3v) is 6.32. The zero-order chi connectivity index (χ0) is 24.2. The van der Waals surface area contributed by atoms with Crippen molar-refractivity contribution in [2.24, 2.45) is 0 Å². The first-order chi connectivity index (χ1) is 16.4. The van der Waals surface area contributed by atoms with E-state index >= 15 is 0 Å². The van der Waals surface area contributed by atoms with Crippen molar-refractivity contribution in [1.82, 2.24) is 15.1 Å². The number of benzene rings is 2. The number of carbonyl (C=O) groups is 3. The van der Waals surface area contributed by atoms with E-state index in [1.54, 1.807) is 38.4 Å². The lowest BCUT2D eigenvalue weighted by atomic mass is 9.98. The summed E-state index contributed by atoms with van der Waals surface area (Å²) in [6.45, 7) is 1.24. The molecule has 4 rings (SSSR count). The van der Waals surface area contributed by atoms with Crippen molar-refractivity contribution in [3.63, 3.8) is 0 Å². The second kappa shape index (κ2) is 10.0. The molecule has 9 nitrogen and oxygen atoms in total. The lowest BCUT2D eigenvalue weighted by Crippen LogP contribution is -2.37. The lowest BCUT2D eigenvalue weighted by molar-refractivity contribution is -0.132. The highest BCUT2D eigenvalue weighted by atomic mass is 16.5. The van der Waals surface area contributed by atoms with Gasteiger partial charge >= 0.3 is 6.03 Å². The fourth-order valence-corrected chi connectivity index (χ4v) is 4.36. The zero-order valence-corrected chi connectivity index (χ0v) is 19.6. The van der Waals surface area contributed by atoms with Crippen LogP contribution in [0.5, 0.6) is 17.2 Å². The highest BCUT2D eigenvalue weighted by Crippen LogP contribution is 2.33. The Balaban J connectivity index is 1.33. The summed E-state index contributed by atoms with van der Waals surface area (Å²) < 4.78 is 15.9. The standard InChI is InChI=1S/C25H29N3O6/c1-32-19-6-4-16(5-7-19)14-28-24(30)20(26-25(28)31)8-9-23(29)27-11-10-17-12-21(33-2)22(34-3)13-18(17)15-27/h4-7,12-13,20H,8-11,14-15H2,1-3H3,(H,26,31). The average molecular weight is 468 g/mol. The first kappa shape index (κ1) is 23.4. The van der Waals surface area contributed by atoms with E-state index < -0.39 is 12.1 Å². The predicted molar refractivity (Wildman–Crippen MR) is 124 cm³/mol. The molecule has 0 radical (unpaired) electrons. The summed E-state index contributed by atoms with van der Waals surface area (Å²) in [5.41, 5.74) is 2.97. The van der Waals surface area contributed by atoms with Crippen molar-refractivity contribution in [2.75, 3.05) is 27.9 Å². The Bertz CT molecular complexity index is 1080. The topological polar surface area (TPSA) is 97.4 Å². The van der Waals surface area contributed by atoms with Gasteiger partial charge in [-0.1, -0.05) is 12.1 Å². The van der Waals surface area contributed by atoms with Crippen LogP contribution in [0.2, 0.25) is 0 Å². The van der Waals surface area contributed by atoms with Crippen LogP contribution in [0.3, 0.4) is 0 Å². The van der Waals surface area contributed by atoms with Gasteiger partial charge in [-0.25, -0.2) is 4.79 Å². The molecule has 0 spiro atoms. The minimum atomic E-state index is -0.698. The maximum Gasteiger partial charge on any atom is 0.325 e. The van der Waals surface area contributed by atoms with Gasteiger partial charge in [-0.2, -0.15) is 0 Å². The van der Waals surface area contributed by atoms with Crippen LogP contribution in [0.4, 0.5) is 4.79 Å². The van der Waals surface area contributed by atoms with Crippen LogP contribution in [-0.4, -0.2) is 61.6 Å². The quantitative estimate of drug-likeness (QED) is 0.599. The smallest absolute Gasteiger partial charge is 0.325 e. The Labute approximate surface area is 198 Å². The van der Waals surface area contributed by atoms with Gasteiger partial charge in [-0.15, -0.1) is 0 Å². The molecule has 34 heavy (non-hydrogen) atoms. The van der Waals surface area contributed by atoms with Gasteiger partial charge in [-0.05, 0) is 53.8 Å². The van der Waals surface area contributed by atoms with E-state index in [-0.39, 0.29) is 31.2 Å². The molecule has 0 aliphatic carbocycles. The van der Waals surface area contributed by atoms with Crippen molar-refractivity contribution < 1.29 is 28.6 Å². The molecular formula is C25H29N3O6. The van der Waals surface area contributed by atoms with Gasteiger partial charge in [0.15, 0.2) is 11.5 Å². The summed E-state index contributed by atoms with van der Waals surface area (Å²) >= 11 is 0. The van der Waals surface area contributed by atoms with E-state index in [4.69, 9.17) is 14.2 Å². The fraction of sp³-hybridized carbons (Fsp3) is 0.400. The highest BCUT2D eigenvalue weighted by Gasteiger charge is 2.38. The number of nitrogens with one attached hydrogen (secondary N) is 1. The van der Waals surface area contributed by atoms with Crippen molar-refractivity contribution in [3.8, 4) is 17.2 Å². The molecule has 1 atom stereocenters. The van der Waals surface area contributed by atoms with Crippen LogP contribution in [0.15, 0.2) is 36.4 Å². The molecule has 0 bridgehead atoms. The van der Waals surface area contributed by atoms with Crippen LogP contribution in [-0.2, 0) is 29.1 Å². The third kappa shape index (κ3) is 4.78. The summed E-state index contributed by atoms with van der Waals surface area (Å²) in [4.78, 5) is 41.0. The zero-order valence-electron chi connectivity index (χ0n) is 19.6. The monoisotopic (exact) mass is 467 g/mol. The molecule has 180 valence electrons. The van der Waals surface area contributed by atoms with Crippen LogP contribution < -0.4 is 19.5 Å². The number of urea groups is 1. The molecule has 0 aromatic heterocycles. The number of rotatable bonds is 8. The number of methoxy groups -OCH3 is 3. The Morgan fingerprint density at radius 2 is 1.68 bits per heavy atom. The number of carbonyl (C=O) groups excluding carboxylic acids is 3. The summed E-state index contributed by atoms with van der Waals surface area (Å²) in [6.07, 6.45) is 1.16. The predicted octanol–water partition coefficient (Wildman–Crippen LogP) is 2.50. The Morgan fingerprint density at radius 3 is 2.32 bits per heavy atom. The van der Waals surface area contributed by atoms with Gasteiger partial charge in [0.1, 0.15) is 11.8 Å². The van der Waals surface area contributed by atoms with Gasteiger partial charge in [0.25, 0.3) is 5.91 Å². The summed E-state index contributed by atoms with van der Waals surface area (Å²) in [7, 11) is 4.76. The number of amides is 4. The molecule has 1 N–H and O–H groups in total. The normalized spacial score (nSPS) is 17.3. The molecule has 2 aromatic carbocycles. The van der Waals surface area contributed by atoms with Crippen molar-refractivity contribution in [1.29, 1.82) is 0 Å². The number of ether oxygens (including phenoxy) is 3. The first-order valence-corrected chi connectivity index (χ1v) is 11.2. The molecule has 2 aliphatic rings. The molecule has 1 fully saturated rings. The minimum absolute atomic E-state index is 0.0453. The average Bonchev–Trinajstić information content (AvgIpc) is 3.13. The van der Waals surface area contributed by atoms with E-state index in [0.717, 1.165) is 23.1 Å². The number of hydrogen-bond acceptors (Lipinski definition) is 6. The summed E-state index contributed by atoms with van der Waals surface area (Å²) in [6, 6.07) is 9.93. The number of imide groups is 1. The van der Waals surface area contributed by atoms with Gasteiger partial charge in [0.2, 0.25) is 5.91 Å². The van der Waals surface area contributed by atoms with E-state index in [9.17, 15) is 14.4 Å². The molecule has 4 amide bonds. The Kier molecular flexibility index (Phi) is 6.90. The molecule has 2 aromatic rings. The third-order valence-electron chi connectivity index (χ3n) is 6.32. The molecule has 0 saturated carbocycles. The fourth-order valence-electron chi connectivity index (χ4n) is 4.36. The van der Waals surface area contributed by atoms with Gasteiger partial charge in [0, 0.05) is 19.5 Å². The van der Waals surface area contributed by atoms with E-state index in [1.807, 2.05) is 24.3 Å². The maximum atomic E-state index is 12.9. The summed E-state index contributed by atoms with van der Waals surface area (Å²) in [5, 5.41) is 2.71. The van der Waals surface area contributed by atoms with Gasteiger partial charge in [-0.3, -0.25) is 14.5 Å². The Hall–Kier alpha value is -3.75. The number of nitrogens with zero attached hydrogens (tertiary/aromatic N) is 2. The van der Waals surface area contributed by atoms with Crippen LogP contribution in [0, 0.1) is 0 Å². The van der Waals surface area contributed by atoms with Crippen LogP contribution in [0.25, 0.3) is 0 Å². The minimum Gasteiger partial charge on any atom is -0.497 e. The molecule has 1 unspecified atom stereocenters. The van der Waals surface area contributed by atoms with Gasteiger partial charge in [0.05, 0.1) is 27.9 Å². The van der Waals surface area contributed by atoms with Crippen LogP contribution >= 0.6 is 0 Å². The van der Waals surface area contributed by atoms with Gasteiger partial charge < -0.3 is 24.4 Å². The molecule has 9 heteroatoms. The van der Waals surface area contributed by atoms with Crippen LogP contribution in [0.1, 0.15) is 29.5 Å². The molecule has 2 heterocycles. The largest absolute Gasteiger partial charge is 0.497 e. The Morgan fingerprint density at radius 1 is 1.00 bits per heavy atom. The van der Waals surface area contributed by atoms with E-state index in [0.29, 0.717) is 30.3 Å². The second-order valence-corrected chi connectivity index (χ2v) is 8.35. The van der Waals surface area contributed by atoms with Crippen molar-refractivity contribution in [2.45, 2.75) is 38.4 Å². The van der Waals surface area contributed by atoms with Crippen molar-refractivity contribution >= 4 is 17.8 Å². The van der Waals surface area contributed by atoms with E-state index in [2.05, 4.69) is 5.32 Å². The first-order valence-electron chi connectivity index (χ1n) is 11.2.